The number of aromatic nitrogens is 1. The van der Waals surface area contributed by atoms with E-state index in [0.29, 0.717) is 29.6 Å². The molecule has 4 aromatic rings. The minimum atomic E-state index is -5.05. The van der Waals surface area contributed by atoms with E-state index >= 15 is 0 Å². The van der Waals surface area contributed by atoms with E-state index in [2.05, 4.69) is 0 Å². The van der Waals surface area contributed by atoms with Crippen molar-refractivity contribution in [1.29, 1.82) is 0 Å². The third-order valence-corrected chi connectivity index (χ3v) is 6.47. The lowest BCUT2D eigenvalue weighted by Crippen LogP contribution is -2.34. The number of fused-ring (bicyclic) bond motifs is 1. The molecule has 0 spiro atoms. The van der Waals surface area contributed by atoms with Gasteiger partial charge in [-0.3, -0.25) is 9.59 Å². The van der Waals surface area contributed by atoms with Gasteiger partial charge in [-0.2, -0.15) is 26.3 Å². The molecule has 0 N–H and O–H groups in total. The zero-order valence-corrected chi connectivity index (χ0v) is 22.6. The lowest BCUT2D eigenvalue weighted by molar-refractivity contribution is -0.143. The van der Waals surface area contributed by atoms with Gasteiger partial charge in [0.15, 0.2) is 0 Å². The molecule has 1 amide bonds. The van der Waals surface area contributed by atoms with Gasteiger partial charge in [-0.1, -0.05) is 42.5 Å². The molecule has 0 fully saturated rings. The third kappa shape index (κ3) is 6.93. The summed E-state index contributed by atoms with van der Waals surface area (Å²) in [4.78, 5) is 27.8. The Morgan fingerprint density at radius 1 is 0.833 bits per heavy atom. The summed E-state index contributed by atoms with van der Waals surface area (Å²) in [5, 5.41) is 0.415. The van der Waals surface area contributed by atoms with Crippen molar-refractivity contribution in [3.63, 3.8) is 0 Å². The monoisotopic (exact) mass is 592 g/mol. The summed E-state index contributed by atoms with van der Waals surface area (Å²) >= 11 is 0. The van der Waals surface area contributed by atoms with Crippen molar-refractivity contribution < 1.29 is 40.6 Å². The van der Waals surface area contributed by atoms with Crippen LogP contribution in [0.5, 0.6) is 5.75 Å². The predicted molar refractivity (Wildman–Crippen MR) is 143 cm³/mol. The Morgan fingerprint density at radius 3 is 2.05 bits per heavy atom. The summed E-state index contributed by atoms with van der Waals surface area (Å²) in [5.41, 5.74) is -3.20. The van der Waals surface area contributed by atoms with Gasteiger partial charge in [0.1, 0.15) is 17.9 Å². The van der Waals surface area contributed by atoms with E-state index in [1.54, 1.807) is 24.3 Å². The van der Waals surface area contributed by atoms with Gasteiger partial charge >= 0.3 is 12.4 Å². The molecule has 6 nitrogen and oxygen atoms in total. The fraction of sp³-hybridized carbons (Fsp3) is 0.267. The van der Waals surface area contributed by atoms with Crippen LogP contribution in [0.15, 0.2) is 77.6 Å². The summed E-state index contributed by atoms with van der Waals surface area (Å²) in [6, 6.07) is 17.1. The molecule has 1 heterocycles. The number of hydrogen-bond acceptors (Lipinski definition) is 4. The highest BCUT2D eigenvalue weighted by atomic mass is 19.4. The van der Waals surface area contributed by atoms with E-state index in [4.69, 9.17) is 9.47 Å². The number of benzene rings is 3. The Balaban J connectivity index is 1.64. The first-order chi connectivity index (χ1) is 19.8. The molecule has 3 aromatic carbocycles. The molecule has 0 aliphatic carbocycles. The van der Waals surface area contributed by atoms with Crippen LogP contribution in [0.1, 0.15) is 32.6 Å². The maximum Gasteiger partial charge on any atom is 0.416 e. The number of nitrogens with zero attached hydrogens (tertiary/aromatic N) is 2. The maximum atomic E-state index is 13.6. The van der Waals surface area contributed by atoms with Crippen molar-refractivity contribution in [2.75, 3.05) is 20.3 Å². The van der Waals surface area contributed by atoms with Crippen LogP contribution in [0, 0.1) is 0 Å². The first kappa shape index (κ1) is 30.6. The van der Waals surface area contributed by atoms with E-state index < -0.39 is 52.6 Å². The molecule has 0 unspecified atom stereocenters. The fourth-order valence-corrected chi connectivity index (χ4v) is 4.42. The van der Waals surface area contributed by atoms with Gasteiger partial charge < -0.3 is 18.9 Å². The number of halogens is 6. The van der Waals surface area contributed by atoms with E-state index in [0.717, 1.165) is 10.5 Å². The number of ether oxygens (including phenoxy) is 2. The summed E-state index contributed by atoms with van der Waals surface area (Å²) in [6.07, 6.45) is -10.1. The molecule has 12 heteroatoms. The minimum absolute atomic E-state index is 0.0101. The Morgan fingerprint density at radius 2 is 1.43 bits per heavy atom. The second-order valence-electron chi connectivity index (χ2n) is 9.55. The number of aryl methyl sites for hydroxylation is 1. The molecule has 42 heavy (non-hydrogen) atoms. The molecule has 0 aliphatic rings. The largest absolute Gasteiger partial charge is 0.489 e. The number of rotatable bonds is 9. The van der Waals surface area contributed by atoms with Gasteiger partial charge in [-0.05, 0) is 41.5 Å². The van der Waals surface area contributed by atoms with E-state index in [9.17, 15) is 35.9 Å². The standard InChI is InChI=1S/C30H26F6N2O4/c1-37(17-20-14-21(29(31,32)33)16-22(15-20)30(34,35)36)27(39)25-26(23-10-6-7-11-24(23)38(2)28(25)40)42-13-12-41-18-19-8-4-3-5-9-19/h3-11,14-16H,12-13,17-18H2,1-2H3. The molecule has 0 atom stereocenters. The first-order valence-corrected chi connectivity index (χ1v) is 12.7. The molecule has 0 bridgehead atoms. The van der Waals surface area contributed by atoms with Crippen LogP contribution in [0.3, 0.4) is 0 Å². The molecular weight excluding hydrogens is 566 g/mol. The van der Waals surface area contributed by atoms with Crippen molar-refractivity contribution in [2.45, 2.75) is 25.5 Å². The Labute approximate surface area is 236 Å². The minimum Gasteiger partial charge on any atom is -0.489 e. The molecule has 0 saturated heterocycles. The highest BCUT2D eigenvalue weighted by Gasteiger charge is 2.37. The second-order valence-corrected chi connectivity index (χ2v) is 9.55. The lowest BCUT2D eigenvalue weighted by Gasteiger charge is -2.22. The zero-order valence-electron chi connectivity index (χ0n) is 22.6. The Bertz CT molecular complexity index is 1600. The van der Waals surface area contributed by atoms with Crippen LogP contribution in [0.2, 0.25) is 0 Å². The van der Waals surface area contributed by atoms with Gasteiger partial charge in [-0.15, -0.1) is 0 Å². The maximum absolute atomic E-state index is 13.6. The van der Waals surface area contributed by atoms with Gasteiger partial charge in [-0.25, -0.2) is 0 Å². The van der Waals surface area contributed by atoms with Crippen molar-refractivity contribution in [2.24, 2.45) is 7.05 Å². The van der Waals surface area contributed by atoms with Gasteiger partial charge in [0.05, 0.1) is 29.9 Å². The number of pyridine rings is 1. The van der Waals surface area contributed by atoms with E-state index in [-0.39, 0.29) is 25.0 Å². The normalized spacial score (nSPS) is 12.0. The van der Waals surface area contributed by atoms with E-state index in [1.165, 1.54) is 18.7 Å². The quantitative estimate of drug-likeness (QED) is 0.166. The number of carbonyl (C=O) groups is 1. The third-order valence-electron chi connectivity index (χ3n) is 6.47. The number of carbonyl (C=O) groups excluding carboxylic acids is 1. The molecule has 222 valence electrons. The summed E-state index contributed by atoms with van der Waals surface area (Å²) in [7, 11) is 2.62. The highest BCUT2D eigenvalue weighted by molar-refractivity contribution is 6.02. The molecule has 0 radical (unpaired) electrons. The Hall–Kier alpha value is -4.32. The van der Waals surface area contributed by atoms with Crippen LogP contribution in [0.4, 0.5) is 26.3 Å². The van der Waals surface area contributed by atoms with E-state index in [1.807, 2.05) is 30.3 Å². The molecule has 0 aliphatic heterocycles. The second kappa shape index (κ2) is 12.3. The number of hydrogen-bond donors (Lipinski definition) is 0. The molecule has 1 aromatic heterocycles. The van der Waals surface area contributed by atoms with Crippen molar-refractivity contribution >= 4 is 16.8 Å². The molecule has 4 rings (SSSR count). The SMILES string of the molecule is CN(Cc1cc(C(F)(F)F)cc(C(F)(F)F)c1)C(=O)c1c(OCCOCc2ccccc2)c2ccccc2n(C)c1=O. The highest BCUT2D eigenvalue weighted by Crippen LogP contribution is 2.37. The smallest absolute Gasteiger partial charge is 0.416 e. The van der Waals surface area contributed by atoms with Crippen LogP contribution in [-0.2, 0) is 37.3 Å². The average Bonchev–Trinajstić information content (AvgIpc) is 2.94. The van der Waals surface area contributed by atoms with Crippen molar-refractivity contribution in [3.05, 3.63) is 111 Å². The van der Waals surface area contributed by atoms with Crippen LogP contribution >= 0.6 is 0 Å². The van der Waals surface area contributed by atoms with Crippen molar-refractivity contribution in [3.8, 4) is 5.75 Å². The first-order valence-electron chi connectivity index (χ1n) is 12.7. The van der Waals surface area contributed by atoms with Crippen LogP contribution in [-0.4, -0.2) is 35.6 Å². The average molecular weight is 593 g/mol. The number of amides is 1. The van der Waals surface area contributed by atoms with Crippen LogP contribution in [0.25, 0.3) is 10.9 Å². The Kier molecular flexibility index (Phi) is 8.95. The predicted octanol–water partition coefficient (Wildman–Crippen LogP) is 6.44. The number of para-hydroxylation sites is 1. The van der Waals surface area contributed by atoms with Gasteiger partial charge in [0, 0.05) is 26.0 Å². The van der Waals surface area contributed by atoms with Gasteiger partial charge in [0.25, 0.3) is 11.5 Å². The van der Waals surface area contributed by atoms with Gasteiger partial charge in [0.2, 0.25) is 0 Å². The van der Waals surface area contributed by atoms with Crippen LogP contribution < -0.4 is 10.3 Å². The lowest BCUT2D eigenvalue weighted by atomic mass is 10.0. The number of alkyl halides is 6. The zero-order chi connectivity index (χ0) is 30.7. The summed E-state index contributed by atoms with van der Waals surface area (Å²) < 4.78 is 92.8. The topological polar surface area (TPSA) is 60.8 Å². The molecular formula is C30H26F6N2O4. The van der Waals surface area contributed by atoms with Crippen molar-refractivity contribution in [1.82, 2.24) is 9.47 Å². The summed E-state index contributed by atoms with van der Waals surface area (Å²) in [5.74, 6) is -0.999. The summed E-state index contributed by atoms with van der Waals surface area (Å²) in [6.45, 7) is -0.280. The molecule has 0 saturated carbocycles. The fourth-order valence-electron chi connectivity index (χ4n) is 4.42.